The lowest BCUT2D eigenvalue weighted by Crippen LogP contribution is -2.57. The highest BCUT2D eigenvalue weighted by atomic mass is 19.3. The van der Waals surface area contributed by atoms with Crippen LogP contribution in [-0.4, -0.2) is 32.2 Å². The van der Waals surface area contributed by atoms with Gasteiger partial charge in [-0.1, -0.05) is 0 Å². The summed E-state index contributed by atoms with van der Waals surface area (Å²) < 4.78 is 32.4. The third-order valence-corrected chi connectivity index (χ3v) is 3.19. The van der Waals surface area contributed by atoms with Crippen LogP contribution in [0.3, 0.4) is 0 Å². The molecule has 1 atom stereocenters. The van der Waals surface area contributed by atoms with Gasteiger partial charge in [0.15, 0.2) is 0 Å². The van der Waals surface area contributed by atoms with E-state index in [1.54, 1.807) is 0 Å². The Morgan fingerprint density at radius 2 is 2.08 bits per heavy atom. The summed E-state index contributed by atoms with van der Waals surface area (Å²) in [5, 5.41) is 3.04. The van der Waals surface area contributed by atoms with E-state index in [0.29, 0.717) is 13.0 Å². The molecule has 0 aromatic heterocycles. The van der Waals surface area contributed by atoms with Crippen molar-refractivity contribution < 1.29 is 13.5 Å². The van der Waals surface area contributed by atoms with Crippen molar-refractivity contribution in [2.75, 3.05) is 26.3 Å². The molecule has 2 nitrogen and oxygen atoms in total. The SMILES string of the molecule is FC1(F)CCOCC12CCCNC2. The van der Waals surface area contributed by atoms with Gasteiger partial charge in [-0.25, -0.2) is 8.78 Å². The predicted octanol–water partition coefficient (Wildman–Crippen LogP) is 1.41. The lowest BCUT2D eigenvalue weighted by atomic mass is 9.73. The van der Waals surface area contributed by atoms with Crippen LogP contribution in [0.2, 0.25) is 0 Å². The van der Waals surface area contributed by atoms with Crippen molar-refractivity contribution in [3.63, 3.8) is 0 Å². The van der Waals surface area contributed by atoms with Crippen molar-refractivity contribution >= 4 is 0 Å². The molecule has 4 heteroatoms. The zero-order chi connectivity index (χ0) is 9.36. The van der Waals surface area contributed by atoms with Gasteiger partial charge in [0.1, 0.15) is 0 Å². The van der Waals surface area contributed by atoms with Gasteiger partial charge >= 0.3 is 0 Å². The number of hydrogen-bond donors (Lipinski definition) is 1. The normalized spacial score (nSPS) is 39.2. The summed E-state index contributed by atoms with van der Waals surface area (Å²) in [5.41, 5.74) is -0.913. The van der Waals surface area contributed by atoms with Gasteiger partial charge in [0.05, 0.1) is 18.6 Å². The average Bonchev–Trinajstić information content (AvgIpc) is 2.12. The average molecular weight is 191 g/mol. The number of hydrogen-bond acceptors (Lipinski definition) is 2. The van der Waals surface area contributed by atoms with Crippen LogP contribution in [0, 0.1) is 5.41 Å². The van der Waals surface area contributed by atoms with Gasteiger partial charge in [0.25, 0.3) is 5.92 Å². The molecule has 0 aliphatic carbocycles. The van der Waals surface area contributed by atoms with Crippen molar-refractivity contribution in [2.24, 2.45) is 5.41 Å². The molecule has 2 heterocycles. The first-order valence-corrected chi connectivity index (χ1v) is 4.83. The van der Waals surface area contributed by atoms with E-state index in [-0.39, 0.29) is 19.6 Å². The first-order chi connectivity index (χ1) is 6.16. The van der Waals surface area contributed by atoms with E-state index < -0.39 is 11.3 Å². The molecule has 2 aliphatic rings. The monoisotopic (exact) mass is 191 g/mol. The number of ether oxygens (including phenoxy) is 1. The molecule has 1 spiro atoms. The van der Waals surface area contributed by atoms with Crippen molar-refractivity contribution in [3.05, 3.63) is 0 Å². The standard InChI is InChI=1S/C9H15F2NO/c10-9(11)3-5-13-7-8(9)2-1-4-12-6-8/h12H,1-7H2. The summed E-state index contributed by atoms with van der Waals surface area (Å²) in [5.74, 6) is -2.54. The van der Waals surface area contributed by atoms with Crippen LogP contribution in [-0.2, 0) is 4.74 Å². The summed E-state index contributed by atoms with van der Waals surface area (Å²) in [4.78, 5) is 0. The molecule has 0 radical (unpaired) electrons. The molecule has 0 bridgehead atoms. The second kappa shape index (κ2) is 3.17. The van der Waals surface area contributed by atoms with Crippen molar-refractivity contribution in [3.8, 4) is 0 Å². The number of alkyl halides is 2. The largest absolute Gasteiger partial charge is 0.380 e. The summed E-state index contributed by atoms with van der Waals surface area (Å²) >= 11 is 0. The Labute approximate surface area is 76.6 Å². The maximum Gasteiger partial charge on any atom is 0.259 e. The maximum absolute atomic E-state index is 13.6. The molecular weight excluding hydrogens is 176 g/mol. The van der Waals surface area contributed by atoms with Crippen LogP contribution in [0.25, 0.3) is 0 Å². The first-order valence-electron chi connectivity index (χ1n) is 4.83. The fourth-order valence-corrected chi connectivity index (χ4v) is 2.24. The Morgan fingerprint density at radius 1 is 1.23 bits per heavy atom. The zero-order valence-corrected chi connectivity index (χ0v) is 7.61. The van der Waals surface area contributed by atoms with Crippen molar-refractivity contribution in [2.45, 2.75) is 25.2 Å². The van der Waals surface area contributed by atoms with Crippen LogP contribution in [0.1, 0.15) is 19.3 Å². The maximum atomic E-state index is 13.6. The van der Waals surface area contributed by atoms with Crippen LogP contribution < -0.4 is 5.32 Å². The first kappa shape index (κ1) is 9.34. The topological polar surface area (TPSA) is 21.3 Å². The van der Waals surface area contributed by atoms with E-state index in [2.05, 4.69) is 5.32 Å². The molecule has 2 saturated heterocycles. The van der Waals surface area contributed by atoms with E-state index in [1.807, 2.05) is 0 Å². The van der Waals surface area contributed by atoms with E-state index >= 15 is 0 Å². The third kappa shape index (κ3) is 1.46. The van der Waals surface area contributed by atoms with E-state index in [0.717, 1.165) is 13.0 Å². The van der Waals surface area contributed by atoms with E-state index in [9.17, 15) is 8.78 Å². The Balaban J connectivity index is 2.16. The van der Waals surface area contributed by atoms with Gasteiger partial charge in [-0.05, 0) is 19.4 Å². The van der Waals surface area contributed by atoms with Gasteiger partial charge in [-0.15, -0.1) is 0 Å². The molecule has 76 valence electrons. The fraction of sp³-hybridized carbons (Fsp3) is 1.00. The summed E-state index contributed by atoms with van der Waals surface area (Å²) in [6.07, 6.45) is 1.31. The number of nitrogens with one attached hydrogen (secondary N) is 1. The molecule has 13 heavy (non-hydrogen) atoms. The third-order valence-electron chi connectivity index (χ3n) is 3.19. The lowest BCUT2D eigenvalue weighted by Gasteiger charge is -2.45. The molecule has 2 aliphatic heterocycles. The second-order valence-electron chi connectivity index (χ2n) is 4.07. The molecule has 1 N–H and O–H groups in total. The van der Waals surface area contributed by atoms with Gasteiger partial charge in [-0.3, -0.25) is 0 Å². The van der Waals surface area contributed by atoms with Crippen LogP contribution in [0.5, 0.6) is 0 Å². The number of rotatable bonds is 0. The van der Waals surface area contributed by atoms with E-state index in [1.165, 1.54) is 0 Å². The van der Waals surface area contributed by atoms with E-state index in [4.69, 9.17) is 4.74 Å². The summed E-state index contributed by atoms with van der Waals surface area (Å²) in [7, 11) is 0. The highest BCUT2D eigenvalue weighted by molar-refractivity contribution is 4.98. The Morgan fingerprint density at radius 3 is 2.69 bits per heavy atom. The molecule has 0 amide bonds. The number of halogens is 2. The van der Waals surface area contributed by atoms with Crippen LogP contribution in [0.4, 0.5) is 8.78 Å². The Kier molecular flexibility index (Phi) is 2.28. The molecular formula is C9H15F2NO. The van der Waals surface area contributed by atoms with Crippen LogP contribution in [0.15, 0.2) is 0 Å². The highest BCUT2D eigenvalue weighted by Gasteiger charge is 2.55. The van der Waals surface area contributed by atoms with Crippen molar-refractivity contribution in [1.82, 2.24) is 5.32 Å². The highest BCUT2D eigenvalue weighted by Crippen LogP contribution is 2.46. The van der Waals surface area contributed by atoms with Crippen LogP contribution >= 0.6 is 0 Å². The zero-order valence-electron chi connectivity index (χ0n) is 7.61. The van der Waals surface area contributed by atoms with Gasteiger partial charge < -0.3 is 10.1 Å². The smallest absolute Gasteiger partial charge is 0.259 e. The summed E-state index contributed by atoms with van der Waals surface area (Å²) in [6.45, 7) is 1.68. The minimum Gasteiger partial charge on any atom is -0.380 e. The molecule has 0 saturated carbocycles. The van der Waals surface area contributed by atoms with Gasteiger partial charge in [0, 0.05) is 13.0 Å². The molecule has 2 rings (SSSR count). The fourth-order valence-electron chi connectivity index (χ4n) is 2.24. The quantitative estimate of drug-likeness (QED) is 0.625. The number of piperidine rings is 1. The van der Waals surface area contributed by atoms with Gasteiger partial charge in [-0.2, -0.15) is 0 Å². The van der Waals surface area contributed by atoms with Gasteiger partial charge in [0.2, 0.25) is 0 Å². The van der Waals surface area contributed by atoms with Crippen molar-refractivity contribution in [1.29, 1.82) is 0 Å². The minimum atomic E-state index is -2.54. The molecule has 2 fully saturated rings. The molecule has 0 aromatic rings. The lowest BCUT2D eigenvalue weighted by molar-refractivity contribution is -0.205. The Bertz CT molecular complexity index is 182. The predicted molar refractivity (Wildman–Crippen MR) is 44.9 cm³/mol. The minimum absolute atomic E-state index is 0.116. The second-order valence-corrected chi connectivity index (χ2v) is 4.07. The molecule has 1 unspecified atom stereocenters. The molecule has 0 aromatic carbocycles. The summed E-state index contributed by atoms with van der Waals surface area (Å²) in [6, 6.07) is 0. The Hall–Kier alpha value is -0.220.